The lowest BCUT2D eigenvalue weighted by Gasteiger charge is -2.38. The Balaban J connectivity index is 1.55. The van der Waals surface area contributed by atoms with Gasteiger partial charge in [0.25, 0.3) is 0 Å². The van der Waals surface area contributed by atoms with Gasteiger partial charge in [0, 0.05) is 25.5 Å². The second kappa shape index (κ2) is 5.31. The van der Waals surface area contributed by atoms with Crippen molar-refractivity contribution in [1.82, 2.24) is 24.9 Å². The third-order valence-electron chi connectivity index (χ3n) is 3.40. The Bertz CT molecular complexity index is 663. The van der Waals surface area contributed by atoms with Gasteiger partial charge in [0.1, 0.15) is 0 Å². The van der Waals surface area contributed by atoms with E-state index in [1.807, 2.05) is 6.07 Å². The Morgan fingerprint density at radius 2 is 2.19 bits per heavy atom. The minimum Gasteiger partial charge on any atom is -0.476 e. The fourth-order valence-corrected chi connectivity index (χ4v) is 2.17. The predicted octanol–water partition coefficient (Wildman–Crippen LogP) is -0.00270. The van der Waals surface area contributed by atoms with E-state index in [4.69, 9.17) is 5.11 Å². The Kier molecular flexibility index (Phi) is 3.35. The van der Waals surface area contributed by atoms with Crippen LogP contribution in [0, 0.1) is 0 Å². The van der Waals surface area contributed by atoms with Gasteiger partial charge in [-0.05, 0) is 11.6 Å². The van der Waals surface area contributed by atoms with Crippen molar-refractivity contribution in [3.8, 4) is 0 Å². The number of aromatic carboxylic acids is 1. The van der Waals surface area contributed by atoms with Gasteiger partial charge in [-0.2, -0.15) is 0 Å². The van der Waals surface area contributed by atoms with Gasteiger partial charge in [-0.25, -0.2) is 9.48 Å². The van der Waals surface area contributed by atoms with E-state index in [0.717, 1.165) is 5.56 Å². The van der Waals surface area contributed by atoms with Crippen molar-refractivity contribution in [2.45, 2.75) is 12.5 Å². The van der Waals surface area contributed by atoms with Crippen LogP contribution in [0.3, 0.4) is 0 Å². The highest BCUT2D eigenvalue weighted by Crippen LogP contribution is 2.21. The fraction of sp³-hybridized carbons (Fsp3) is 0.308. The van der Waals surface area contributed by atoms with Crippen molar-refractivity contribution in [2.75, 3.05) is 13.1 Å². The molecule has 2 aromatic heterocycles. The van der Waals surface area contributed by atoms with Gasteiger partial charge in [0.05, 0.1) is 18.7 Å². The van der Waals surface area contributed by atoms with Crippen LogP contribution < -0.4 is 0 Å². The van der Waals surface area contributed by atoms with Crippen molar-refractivity contribution in [3.05, 3.63) is 42.0 Å². The van der Waals surface area contributed by atoms with Crippen molar-refractivity contribution >= 4 is 11.9 Å². The van der Waals surface area contributed by atoms with Crippen LogP contribution in [0.2, 0.25) is 0 Å². The third-order valence-corrected chi connectivity index (χ3v) is 3.40. The molecule has 1 aliphatic heterocycles. The number of carbonyl (C=O) groups is 2. The van der Waals surface area contributed by atoms with E-state index in [2.05, 4.69) is 15.3 Å². The molecule has 8 nitrogen and oxygen atoms in total. The maximum atomic E-state index is 12.0. The van der Waals surface area contributed by atoms with E-state index >= 15 is 0 Å². The Morgan fingerprint density at radius 1 is 1.38 bits per heavy atom. The Hall–Kier alpha value is -2.77. The summed E-state index contributed by atoms with van der Waals surface area (Å²) in [5.41, 5.74) is 0.787. The van der Waals surface area contributed by atoms with Crippen molar-refractivity contribution in [2.24, 2.45) is 0 Å². The summed E-state index contributed by atoms with van der Waals surface area (Å²) in [6, 6.07) is 3.65. The van der Waals surface area contributed by atoms with Crippen LogP contribution in [0.1, 0.15) is 22.1 Å². The summed E-state index contributed by atoms with van der Waals surface area (Å²) in [7, 11) is 0. The van der Waals surface area contributed by atoms with Gasteiger partial charge in [-0.15, -0.1) is 5.10 Å². The maximum Gasteiger partial charge on any atom is 0.358 e. The first-order valence-electron chi connectivity index (χ1n) is 6.45. The summed E-state index contributed by atoms with van der Waals surface area (Å²) in [6.07, 6.45) is 5.04. The second-order valence-corrected chi connectivity index (χ2v) is 4.88. The van der Waals surface area contributed by atoms with Crippen molar-refractivity contribution in [1.29, 1.82) is 0 Å². The van der Waals surface area contributed by atoms with Crippen LogP contribution in [-0.2, 0) is 11.2 Å². The maximum absolute atomic E-state index is 12.0. The SMILES string of the molecule is O=C(O)c1cn(C2CN(C(=O)Cc3cccnc3)C2)nn1. The van der Waals surface area contributed by atoms with Crippen molar-refractivity contribution < 1.29 is 14.7 Å². The number of aromatic nitrogens is 4. The normalized spacial score (nSPS) is 14.8. The smallest absolute Gasteiger partial charge is 0.358 e. The number of pyridine rings is 1. The molecule has 0 spiro atoms. The number of rotatable bonds is 4. The lowest BCUT2D eigenvalue weighted by Crippen LogP contribution is -2.51. The summed E-state index contributed by atoms with van der Waals surface area (Å²) in [4.78, 5) is 28.5. The molecule has 1 amide bonds. The molecule has 0 saturated carbocycles. The first-order valence-corrected chi connectivity index (χ1v) is 6.45. The number of hydrogen-bond donors (Lipinski definition) is 1. The van der Waals surface area contributed by atoms with Gasteiger partial charge < -0.3 is 10.0 Å². The minimum absolute atomic E-state index is 0.0107. The molecule has 8 heteroatoms. The molecule has 0 aromatic carbocycles. The third kappa shape index (κ3) is 2.73. The lowest BCUT2D eigenvalue weighted by molar-refractivity contribution is -0.136. The molecule has 0 atom stereocenters. The predicted molar refractivity (Wildman–Crippen MR) is 70.5 cm³/mol. The summed E-state index contributed by atoms with van der Waals surface area (Å²) in [5.74, 6) is -1.08. The standard InChI is InChI=1S/C13H13N5O3/c19-12(4-9-2-1-3-14-5-9)17-6-10(7-17)18-8-11(13(20)21)15-16-18/h1-3,5,8,10H,4,6-7H2,(H,20,21). The molecule has 21 heavy (non-hydrogen) atoms. The molecule has 3 heterocycles. The summed E-state index contributed by atoms with van der Waals surface area (Å²) in [5, 5.41) is 16.1. The Labute approximate surface area is 120 Å². The van der Waals surface area contributed by atoms with E-state index in [1.165, 1.54) is 10.9 Å². The molecule has 1 N–H and O–H groups in total. The number of carboxylic acid groups (broad SMARTS) is 1. The first kappa shape index (κ1) is 13.2. The summed E-state index contributed by atoms with van der Waals surface area (Å²) in [6.45, 7) is 1.03. The molecule has 1 aliphatic rings. The van der Waals surface area contributed by atoms with Gasteiger partial charge in [-0.1, -0.05) is 11.3 Å². The van der Waals surface area contributed by atoms with Crippen LogP contribution in [0.25, 0.3) is 0 Å². The zero-order valence-corrected chi connectivity index (χ0v) is 11.1. The van der Waals surface area contributed by atoms with Gasteiger partial charge in [0.2, 0.25) is 5.91 Å². The average Bonchev–Trinajstić information content (AvgIpc) is 2.88. The van der Waals surface area contributed by atoms with Crippen LogP contribution in [0.5, 0.6) is 0 Å². The number of carbonyl (C=O) groups excluding carboxylic acids is 1. The quantitative estimate of drug-likeness (QED) is 0.849. The van der Waals surface area contributed by atoms with E-state index < -0.39 is 5.97 Å². The lowest BCUT2D eigenvalue weighted by atomic mass is 10.1. The number of likely N-dealkylation sites (tertiary alicyclic amines) is 1. The van der Waals surface area contributed by atoms with Crippen molar-refractivity contribution in [3.63, 3.8) is 0 Å². The zero-order valence-electron chi connectivity index (χ0n) is 11.1. The van der Waals surface area contributed by atoms with Gasteiger partial charge in [0.15, 0.2) is 5.69 Å². The molecule has 1 saturated heterocycles. The molecule has 108 valence electrons. The van der Waals surface area contributed by atoms with E-state index in [9.17, 15) is 9.59 Å². The topological polar surface area (TPSA) is 101 Å². The molecular formula is C13H13N5O3. The monoisotopic (exact) mass is 287 g/mol. The number of nitrogens with zero attached hydrogens (tertiary/aromatic N) is 5. The van der Waals surface area contributed by atoms with Gasteiger partial charge in [-0.3, -0.25) is 9.78 Å². The molecule has 2 aromatic rings. The summed E-state index contributed by atoms with van der Waals surface area (Å²) < 4.78 is 1.50. The molecule has 0 bridgehead atoms. The van der Waals surface area contributed by atoms with Crippen LogP contribution in [0.15, 0.2) is 30.7 Å². The molecule has 3 rings (SSSR count). The van der Waals surface area contributed by atoms with Crippen LogP contribution >= 0.6 is 0 Å². The van der Waals surface area contributed by atoms with E-state index in [-0.39, 0.29) is 17.6 Å². The largest absolute Gasteiger partial charge is 0.476 e. The highest BCUT2D eigenvalue weighted by molar-refractivity contribution is 5.84. The number of carboxylic acids is 1. The van der Waals surface area contributed by atoms with Crippen LogP contribution in [0.4, 0.5) is 0 Å². The first-order chi connectivity index (χ1) is 10.1. The van der Waals surface area contributed by atoms with Crippen LogP contribution in [-0.4, -0.2) is 55.0 Å². The molecule has 1 fully saturated rings. The van der Waals surface area contributed by atoms with Gasteiger partial charge >= 0.3 is 5.97 Å². The second-order valence-electron chi connectivity index (χ2n) is 4.88. The molecule has 0 radical (unpaired) electrons. The highest BCUT2D eigenvalue weighted by atomic mass is 16.4. The molecular weight excluding hydrogens is 274 g/mol. The molecule has 0 aliphatic carbocycles. The van der Waals surface area contributed by atoms with E-state index in [0.29, 0.717) is 19.5 Å². The number of hydrogen-bond acceptors (Lipinski definition) is 5. The average molecular weight is 287 g/mol. The minimum atomic E-state index is -1.11. The Morgan fingerprint density at radius 3 is 2.81 bits per heavy atom. The fourth-order valence-electron chi connectivity index (χ4n) is 2.17. The zero-order chi connectivity index (χ0) is 14.8. The molecule has 0 unspecified atom stereocenters. The summed E-state index contributed by atoms with van der Waals surface area (Å²) >= 11 is 0. The van der Waals surface area contributed by atoms with E-state index in [1.54, 1.807) is 23.4 Å². The number of amides is 1. The highest BCUT2D eigenvalue weighted by Gasteiger charge is 2.32.